The van der Waals surface area contributed by atoms with Gasteiger partial charge in [0.2, 0.25) is 0 Å². The van der Waals surface area contributed by atoms with Crippen molar-refractivity contribution in [1.29, 1.82) is 0 Å². The van der Waals surface area contributed by atoms with Crippen LogP contribution < -0.4 is 5.32 Å². The topological polar surface area (TPSA) is 24.5 Å². The predicted octanol–water partition coefficient (Wildman–Crippen LogP) is 2.05. The molecule has 1 aromatic heterocycles. The van der Waals surface area contributed by atoms with Gasteiger partial charge in [-0.25, -0.2) is 0 Å². The highest BCUT2D eigenvalue weighted by Crippen LogP contribution is 2.32. The van der Waals surface area contributed by atoms with Crippen molar-refractivity contribution in [2.75, 3.05) is 39.4 Å². The van der Waals surface area contributed by atoms with Crippen molar-refractivity contribution >= 4 is 11.3 Å². The van der Waals surface area contributed by atoms with Crippen molar-refractivity contribution < 1.29 is 4.74 Å². The van der Waals surface area contributed by atoms with Gasteiger partial charge in [-0.3, -0.25) is 4.90 Å². The summed E-state index contributed by atoms with van der Waals surface area (Å²) in [5.41, 5.74) is 1.56. The van der Waals surface area contributed by atoms with E-state index in [2.05, 4.69) is 21.7 Å². The van der Waals surface area contributed by atoms with Gasteiger partial charge in [-0.15, -0.1) is 11.3 Å². The Labute approximate surface area is 113 Å². The molecule has 1 fully saturated rings. The maximum Gasteiger partial charge on any atom is 0.0594 e. The van der Waals surface area contributed by atoms with E-state index in [1.807, 2.05) is 11.3 Å². The van der Waals surface area contributed by atoms with Crippen LogP contribution in [0.5, 0.6) is 0 Å². The van der Waals surface area contributed by atoms with Crippen LogP contribution in [-0.2, 0) is 11.2 Å². The minimum atomic E-state index is 0.598. The van der Waals surface area contributed by atoms with E-state index in [4.69, 9.17) is 4.74 Å². The molecule has 1 atom stereocenters. The van der Waals surface area contributed by atoms with Gasteiger partial charge in [-0.05, 0) is 36.3 Å². The van der Waals surface area contributed by atoms with Gasteiger partial charge in [0.05, 0.1) is 13.2 Å². The molecule has 2 heterocycles. The van der Waals surface area contributed by atoms with Crippen LogP contribution in [-0.4, -0.2) is 44.3 Å². The van der Waals surface area contributed by atoms with E-state index in [1.54, 1.807) is 10.4 Å². The van der Waals surface area contributed by atoms with Crippen molar-refractivity contribution in [3.8, 4) is 0 Å². The quantitative estimate of drug-likeness (QED) is 0.902. The second-order valence-electron chi connectivity index (χ2n) is 5.15. The Balaban J connectivity index is 1.46. The molecule has 1 N–H and O–H groups in total. The molecule has 1 unspecified atom stereocenters. The minimum absolute atomic E-state index is 0.598. The number of fused-ring (bicyclic) bond motifs is 1. The number of nitrogens with one attached hydrogen (secondary N) is 1. The summed E-state index contributed by atoms with van der Waals surface area (Å²) in [5, 5.41) is 5.98. The lowest BCUT2D eigenvalue weighted by atomic mass is 9.94. The molecule has 18 heavy (non-hydrogen) atoms. The van der Waals surface area contributed by atoms with Crippen LogP contribution in [0.15, 0.2) is 11.4 Å². The van der Waals surface area contributed by atoms with E-state index in [-0.39, 0.29) is 0 Å². The first-order valence-electron chi connectivity index (χ1n) is 7.03. The largest absolute Gasteiger partial charge is 0.379 e. The fraction of sp³-hybridized carbons (Fsp3) is 0.714. The van der Waals surface area contributed by atoms with Crippen LogP contribution >= 0.6 is 11.3 Å². The van der Waals surface area contributed by atoms with E-state index in [0.717, 1.165) is 39.4 Å². The molecule has 0 aromatic carbocycles. The van der Waals surface area contributed by atoms with Crippen LogP contribution in [0.25, 0.3) is 0 Å². The average molecular weight is 266 g/mol. The zero-order valence-corrected chi connectivity index (χ0v) is 11.7. The zero-order valence-electron chi connectivity index (χ0n) is 10.9. The highest BCUT2D eigenvalue weighted by atomic mass is 32.1. The number of hydrogen-bond acceptors (Lipinski definition) is 4. The third-order valence-electron chi connectivity index (χ3n) is 3.97. The van der Waals surface area contributed by atoms with Gasteiger partial charge in [-0.1, -0.05) is 0 Å². The molecule has 0 bridgehead atoms. The smallest absolute Gasteiger partial charge is 0.0594 e. The summed E-state index contributed by atoms with van der Waals surface area (Å²) in [4.78, 5) is 4.10. The average Bonchev–Trinajstić information content (AvgIpc) is 2.89. The molecule has 1 aliphatic heterocycles. The fourth-order valence-electron chi connectivity index (χ4n) is 2.92. The summed E-state index contributed by atoms with van der Waals surface area (Å²) >= 11 is 1.92. The SMILES string of the molecule is c1cc2c(s1)CCCC2NCCN1CCOCC1. The van der Waals surface area contributed by atoms with Gasteiger partial charge < -0.3 is 10.1 Å². The molecule has 3 nitrogen and oxygen atoms in total. The molecule has 0 saturated carbocycles. The van der Waals surface area contributed by atoms with Crippen molar-refractivity contribution in [3.05, 3.63) is 21.9 Å². The molecule has 100 valence electrons. The number of thiophene rings is 1. The molecule has 3 rings (SSSR count). The van der Waals surface area contributed by atoms with E-state index < -0.39 is 0 Å². The van der Waals surface area contributed by atoms with Gasteiger partial charge in [0.25, 0.3) is 0 Å². The molecule has 0 amide bonds. The zero-order chi connectivity index (χ0) is 12.2. The van der Waals surface area contributed by atoms with Crippen LogP contribution in [0.1, 0.15) is 29.3 Å². The Hall–Kier alpha value is -0.420. The summed E-state index contributed by atoms with van der Waals surface area (Å²) < 4.78 is 5.37. The maximum atomic E-state index is 5.37. The lowest BCUT2D eigenvalue weighted by molar-refractivity contribution is 0.0380. The molecule has 4 heteroatoms. The summed E-state index contributed by atoms with van der Waals surface area (Å²) in [6.45, 7) is 6.24. The van der Waals surface area contributed by atoms with E-state index >= 15 is 0 Å². The van der Waals surface area contributed by atoms with Gasteiger partial charge >= 0.3 is 0 Å². The Kier molecular flexibility index (Phi) is 4.31. The fourth-order valence-corrected chi connectivity index (χ4v) is 3.91. The maximum absolute atomic E-state index is 5.37. The van der Waals surface area contributed by atoms with Gasteiger partial charge in [0.1, 0.15) is 0 Å². The number of ether oxygens (including phenoxy) is 1. The molecule has 1 aromatic rings. The standard InChI is InChI=1S/C14H22N2OS/c1-2-13(12-4-11-18-14(12)3-1)15-5-6-16-7-9-17-10-8-16/h4,11,13,15H,1-3,5-10H2. The summed E-state index contributed by atoms with van der Waals surface area (Å²) in [7, 11) is 0. The lowest BCUT2D eigenvalue weighted by Crippen LogP contribution is -2.41. The monoisotopic (exact) mass is 266 g/mol. The van der Waals surface area contributed by atoms with Gasteiger partial charge in [0, 0.05) is 37.1 Å². The lowest BCUT2D eigenvalue weighted by Gasteiger charge is -2.29. The Bertz CT molecular complexity index is 374. The minimum Gasteiger partial charge on any atom is -0.379 e. The highest BCUT2D eigenvalue weighted by molar-refractivity contribution is 7.10. The number of nitrogens with zero attached hydrogens (tertiary/aromatic N) is 1. The second kappa shape index (κ2) is 6.15. The number of hydrogen-bond donors (Lipinski definition) is 1. The normalized spacial score (nSPS) is 25.0. The first-order valence-corrected chi connectivity index (χ1v) is 7.91. The van der Waals surface area contributed by atoms with E-state index in [9.17, 15) is 0 Å². The Morgan fingerprint density at radius 1 is 1.39 bits per heavy atom. The van der Waals surface area contributed by atoms with Crippen LogP contribution in [0.2, 0.25) is 0 Å². The molecule has 2 aliphatic rings. The molecule has 1 aliphatic carbocycles. The Morgan fingerprint density at radius 3 is 3.17 bits per heavy atom. The Morgan fingerprint density at radius 2 is 2.28 bits per heavy atom. The van der Waals surface area contributed by atoms with E-state index in [1.165, 1.54) is 19.3 Å². The van der Waals surface area contributed by atoms with Crippen molar-refractivity contribution in [1.82, 2.24) is 10.2 Å². The highest BCUT2D eigenvalue weighted by Gasteiger charge is 2.20. The third kappa shape index (κ3) is 2.94. The van der Waals surface area contributed by atoms with Crippen LogP contribution in [0.4, 0.5) is 0 Å². The first-order chi connectivity index (χ1) is 8.93. The van der Waals surface area contributed by atoms with Crippen molar-refractivity contribution in [3.63, 3.8) is 0 Å². The van der Waals surface area contributed by atoms with Gasteiger partial charge in [0.15, 0.2) is 0 Å². The van der Waals surface area contributed by atoms with Crippen molar-refractivity contribution in [2.45, 2.75) is 25.3 Å². The predicted molar refractivity (Wildman–Crippen MR) is 75.3 cm³/mol. The number of rotatable bonds is 4. The molecular formula is C14H22N2OS. The summed E-state index contributed by atoms with van der Waals surface area (Å²) in [5.74, 6) is 0. The molecule has 1 saturated heterocycles. The number of aryl methyl sites for hydroxylation is 1. The van der Waals surface area contributed by atoms with Crippen LogP contribution in [0, 0.1) is 0 Å². The number of morpholine rings is 1. The molecular weight excluding hydrogens is 244 g/mol. The van der Waals surface area contributed by atoms with E-state index in [0.29, 0.717) is 6.04 Å². The first kappa shape index (κ1) is 12.6. The van der Waals surface area contributed by atoms with Crippen molar-refractivity contribution in [2.24, 2.45) is 0 Å². The summed E-state index contributed by atoms with van der Waals surface area (Å²) in [6, 6.07) is 2.91. The van der Waals surface area contributed by atoms with Gasteiger partial charge in [-0.2, -0.15) is 0 Å². The van der Waals surface area contributed by atoms with Crippen LogP contribution in [0.3, 0.4) is 0 Å². The summed E-state index contributed by atoms with van der Waals surface area (Å²) in [6.07, 6.45) is 3.92. The third-order valence-corrected chi connectivity index (χ3v) is 4.97. The molecule has 0 radical (unpaired) electrons. The second-order valence-corrected chi connectivity index (χ2v) is 6.15. The molecule has 0 spiro atoms.